The Labute approximate surface area is 158 Å². The number of fused-ring (bicyclic) bond motifs is 1. The lowest BCUT2D eigenvalue weighted by Crippen LogP contribution is -2.24. The third-order valence-electron chi connectivity index (χ3n) is 5.07. The molecule has 4 rings (SSSR count). The number of hydrogen-bond donors (Lipinski definition) is 2. The molecule has 28 heavy (non-hydrogen) atoms. The number of hydrogen-bond acceptors (Lipinski definition) is 4. The molecule has 1 heterocycles. The van der Waals surface area contributed by atoms with Crippen LogP contribution in [0, 0.1) is 11.8 Å². The van der Waals surface area contributed by atoms with Crippen molar-refractivity contribution in [2.75, 3.05) is 18.5 Å². The summed E-state index contributed by atoms with van der Waals surface area (Å²) in [4.78, 5) is 16.8. The van der Waals surface area contributed by atoms with Crippen LogP contribution in [0.15, 0.2) is 53.3 Å². The van der Waals surface area contributed by atoms with E-state index in [1.807, 2.05) is 0 Å². The van der Waals surface area contributed by atoms with Crippen LogP contribution in [-0.2, 0) is 6.18 Å². The molecule has 1 aromatic heterocycles. The smallest absolute Gasteiger partial charge is 0.396 e. The predicted molar refractivity (Wildman–Crippen MR) is 99.5 cm³/mol. The Kier molecular flexibility index (Phi) is 4.58. The second-order valence-corrected chi connectivity index (χ2v) is 6.96. The number of alkyl halides is 3. The molecule has 146 valence electrons. The molecular weight excluding hydrogens is 371 g/mol. The van der Waals surface area contributed by atoms with Crippen molar-refractivity contribution in [3.05, 3.63) is 64.6 Å². The Hall–Kier alpha value is -2.87. The average Bonchev–Trinajstić information content (AvgIpc) is 3.44. The van der Waals surface area contributed by atoms with Crippen molar-refractivity contribution < 1.29 is 18.3 Å². The van der Waals surface area contributed by atoms with Crippen LogP contribution in [0.5, 0.6) is 0 Å². The summed E-state index contributed by atoms with van der Waals surface area (Å²) in [7, 11) is 0. The minimum absolute atomic E-state index is 0.102. The zero-order valence-electron chi connectivity index (χ0n) is 14.8. The lowest BCUT2D eigenvalue weighted by atomic mass is 10.1. The van der Waals surface area contributed by atoms with Crippen LogP contribution < -0.4 is 11.0 Å². The molecule has 2 N–H and O–H groups in total. The van der Waals surface area contributed by atoms with Crippen molar-refractivity contribution in [3.8, 4) is 5.69 Å². The number of rotatable bonds is 5. The first-order valence-electron chi connectivity index (χ1n) is 8.92. The maximum absolute atomic E-state index is 13.3. The Balaban J connectivity index is 1.85. The van der Waals surface area contributed by atoms with Gasteiger partial charge in [0.05, 0.1) is 16.8 Å². The van der Waals surface area contributed by atoms with Gasteiger partial charge in [-0.15, -0.1) is 0 Å². The lowest BCUT2D eigenvalue weighted by molar-refractivity contribution is -0.137. The van der Waals surface area contributed by atoms with Gasteiger partial charge in [0.15, 0.2) is 0 Å². The minimum atomic E-state index is -4.52. The fraction of sp³-hybridized carbons (Fsp3) is 0.300. The zero-order valence-corrected chi connectivity index (χ0v) is 14.8. The molecule has 2 atom stereocenters. The largest absolute Gasteiger partial charge is 0.416 e. The Bertz CT molecular complexity index is 1060. The van der Waals surface area contributed by atoms with Gasteiger partial charge in [0.2, 0.25) is 0 Å². The molecule has 0 unspecified atom stereocenters. The SMILES string of the molecule is O=c1nc(NC[C@@H]2C[C@H]2CO)c2ccc(C(F)(F)F)cc2n1-c1ccccc1. The predicted octanol–water partition coefficient (Wildman–Crippen LogP) is 3.44. The molecule has 0 amide bonds. The van der Waals surface area contributed by atoms with Gasteiger partial charge in [-0.05, 0) is 48.6 Å². The molecule has 1 fully saturated rings. The number of aromatic nitrogens is 2. The van der Waals surface area contributed by atoms with Crippen LogP contribution in [0.25, 0.3) is 16.6 Å². The third kappa shape index (κ3) is 3.47. The van der Waals surface area contributed by atoms with E-state index in [9.17, 15) is 18.0 Å². The van der Waals surface area contributed by atoms with Gasteiger partial charge in [0.1, 0.15) is 5.82 Å². The van der Waals surface area contributed by atoms with E-state index >= 15 is 0 Å². The van der Waals surface area contributed by atoms with Crippen molar-refractivity contribution in [2.24, 2.45) is 11.8 Å². The summed E-state index contributed by atoms with van der Waals surface area (Å²) in [5.41, 5.74) is -0.907. The zero-order chi connectivity index (χ0) is 19.9. The summed E-state index contributed by atoms with van der Waals surface area (Å²) in [6.07, 6.45) is -3.65. The summed E-state index contributed by atoms with van der Waals surface area (Å²) in [5, 5.41) is 12.7. The van der Waals surface area contributed by atoms with Crippen molar-refractivity contribution in [3.63, 3.8) is 0 Å². The number of nitrogens with one attached hydrogen (secondary N) is 1. The van der Waals surface area contributed by atoms with E-state index in [1.54, 1.807) is 30.3 Å². The highest BCUT2D eigenvalue weighted by atomic mass is 19.4. The summed E-state index contributed by atoms with van der Waals surface area (Å²) in [6.45, 7) is 0.605. The first-order chi connectivity index (χ1) is 13.4. The monoisotopic (exact) mass is 389 g/mol. The summed E-state index contributed by atoms with van der Waals surface area (Å²) >= 11 is 0. The van der Waals surface area contributed by atoms with Gasteiger partial charge < -0.3 is 10.4 Å². The number of nitrogens with zero attached hydrogens (tertiary/aromatic N) is 2. The molecule has 0 bridgehead atoms. The van der Waals surface area contributed by atoms with E-state index < -0.39 is 17.4 Å². The lowest BCUT2D eigenvalue weighted by Gasteiger charge is -2.16. The van der Waals surface area contributed by atoms with Gasteiger partial charge in [-0.3, -0.25) is 4.57 Å². The summed E-state index contributed by atoms with van der Waals surface area (Å²) < 4.78 is 40.9. The molecular formula is C20H18F3N3O2. The second kappa shape index (κ2) is 6.94. The average molecular weight is 389 g/mol. The fourth-order valence-corrected chi connectivity index (χ4v) is 3.38. The van der Waals surface area contributed by atoms with Gasteiger partial charge >= 0.3 is 11.9 Å². The van der Waals surface area contributed by atoms with Crippen LogP contribution >= 0.6 is 0 Å². The van der Waals surface area contributed by atoms with Crippen molar-refractivity contribution >= 4 is 16.7 Å². The quantitative estimate of drug-likeness (QED) is 0.702. The maximum Gasteiger partial charge on any atom is 0.416 e. The van der Waals surface area contributed by atoms with Crippen molar-refractivity contribution in [1.82, 2.24) is 9.55 Å². The van der Waals surface area contributed by atoms with Crippen LogP contribution in [0.1, 0.15) is 12.0 Å². The van der Waals surface area contributed by atoms with E-state index in [2.05, 4.69) is 10.3 Å². The molecule has 2 aromatic carbocycles. The molecule has 8 heteroatoms. The highest BCUT2D eigenvalue weighted by molar-refractivity contribution is 5.90. The molecule has 1 aliphatic rings. The number of benzene rings is 2. The van der Waals surface area contributed by atoms with Crippen LogP contribution in [0.4, 0.5) is 19.0 Å². The molecule has 3 aromatic rings. The van der Waals surface area contributed by atoms with E-state index in [1.165, 1.54) is 10.6 Å². The van der Waals surface area contributed by atoms with Gasteiger partial charge in [0, 0.05) is 18.5 Å². The normalized spacial score (nSPS) is 19.0. The number of para-hydroxylation sites is 1. The Morgan fingerprint density at radius 2 is 1.89 bits per heavy atom. The Morgan fingerprint density at radius 1 is 1.14 bits per heavy atom. The second-order valence-electron chi connectivity index (χ2n) is 6.96. The third-order valence-corrected chi connectivity index (χ3v) is 5.07. The Morgan fingerprint density at radius 3 is 2.54 bits per heavy atom. The first kappa shape index (κ1) is 18.5. The first-order valence-corrected chi connectivity index (χ1v) is 8.92. The van der Waals surface area contributed by atoms with Gasteiger partial charge in [-0.1, -0.05) is 18.2 Å². The summed E-state index contributed by atoms with van der Waals surface area (Å²) in [6, 6.07) is 11.8. The van der Waals surface area contributed by atoms with Crippen LogP contribution in [0.3, 0.4) is 0 Å². The van der Waals surface area contributed by atoms with E-state index in [0.717, 1.165) is 18.6 Å². The molecule has 1 saturated carbocycles. The topological polar surface area (TPSA) is 67.2 Å². The number of aliphatic hydroxyl groups is 1. The highest BCUT2D eigenvalue weighted by Crippen LogP contribution is 2.38. The molecule has 1 aliphatic carbocycles. The van der Waals surface area contributed by atoms with E-state index in [4.69, 9.17) is 5.11 Å². The van der Waals surface area contributed by atoms with Crippen molar-refractivity contribution in [2.45, 2.75) is 12.6 Å². The molecule has 0 aliphatic heterocycles. The minimum Gasteiger partial charge on any atom is -0.396 e. The number of aliphatic hydroxyl groups excluding tert-OH is 1. The number of halogens is 3. The van der Waals surface area contributed by atoms with Gasteiger partial charge in [-0.25, -0.2) is 4.79 Å². The molecule has 0 radical (unpaired) electrons. The highest BCUT2D eigenvalue weighted by Gasteiger charge is 2.36. The molecule has 0 spiro atoms. The van der Waals surface area contributed by atoms with Gasteiger partial charge in [0.25, 0.3) is 0 Å². The molecule has 5 nitrogen and oxygen atoms in total. The van der Waals surface area contributed by atoms with Crippen LogP contribution in [-0.4, -0.2) is 27.8 Å². The summed E-state index contributed by atoms with van der Waals surface area (Å²) in [5.74, 6) is 0.748. The standard InChI is InChI=1S/C20H18F3N3O2/c21-20(22,23)14-6-7-16-17(9-14)26(15-4-2-1-3-5-15)19(28)25-18(16)24-10-12-8-13(12)11-27/h1-7,9,12-13,27H,8,10-11H2,(H,24,25,28)/t12-,13-/m0/s1. The van der Waals surface area contributed by atoms with Crippen LogP contribution in [0.2, 0.25) is 0 Å². The van der Waals surface area contributed by atoms with E-state index in [-0.39, 0.29) is 29.8 Å². The maximum atomic E-state index is 13.3. The van der Waals surface area contributed by atoms with E-state index in [0.29, 0.717) is 17.6 Å². The fourth-order valence-electron chi connectivity index (χ4n) is 3.38. The van der Waals surface area contributed by atoms with Crippen molar-refractivity contribution in [1.29, 1.82) is 0 Å². The molecule has 0 saturated heterocycles. The number of anilines is 1. The van der Waals surface area contributed by atoms with Gasteiger partial charge in [-0.2, -0.15) is 18.2 Å².